The van der Waals surface area contributed by atoms with Crippen LogP contribution in [-0.4, -0.2) is 22.3 Å². The molecule has 0 aliphatic carbocycles. The summed E-state index contributed by atoms with van der Waals surface area (Å²) in [5.41, 5.74) is 1.20. The SMILES string of the molecule is CCCCOc1ccccc1NC(=O)c1cnn(C)c1. The van der Waals surface area contributed by atoms with Crippen LogP contribution in [0.15, 0.2) is 36.7 Å². The van der Waals surface area contributed by atoms with Crippen molar-refractivity contribution in [3.05, 3.63) is 42.2 Å². The number of rotatable bonds is 6. The minimum atomic E-state index is -0.190. The van der Waals surface area contributed by atoms with E-state index in [1.165, 1.54) is 6.20 Å². The molecule has 0 fully saturated rings. The predicted molar refractivity (Wildman–Crippen MR) is 78.0 cm³/mol. The van der Waals surface area contributed by atoms with Gasteiger partial charge in [-0.1, -0.05) is 25.5 Å². The fourth-order valence-corrected chi connectivity index (χ4v) is 1.76. The van der Waals surface area contributed by atoms with Crippen LogP contribution in [-0.2, 0) is 7.05 Å². The fraction of sp³-hybridized carbons (Fsp3) is 0.333. The van der Waals surface area contributed by atoms with Crippen LogP contribution in [0.4, 0.5) is 5.69 Å². The number of nitrogens with zero attached hydrogens (tertiary/aromatic N) is 2. The Morgan fingerprint density at radius 2 is 2.20 bits per heavy atom. The van der Waals surface area contributed by atoms with Crippen LogP contribution < -0.4 is 10.1 Å². The number of hydrogen-bond donors (Lipinski definition) is 1. The molecule has 1 heterocycles. The zero-order valence-electron chi connectivity index (χ0n) is 11.8. The zero-order chi connectivity index (χ0) is 14.4. The van der Waals surface area contributed by atoms with Crippen LogP contribution in [0.2, 0.25) is 0 Å². The number of amides is 1. The fourth-order valence-electron chi connectivity index (χ4n) is 1.76. The van der Waals surface area contributed by atoms with Crippen molar-refractivity contribution in [3.8, 4) is 5.75 Å². The topological polar surface area (TPSA) is 56.1 Å². The Morgan fingerprint density at radius 3 is 2.90 bits per heavy atom. The molecule has 0 saturated heterocycles. The first-order valence-corrected chi connectivity index (χ1v) is 6.72. The maximum atomic E-state index is 12.1. The Morgan fingerprint density at radius 1 is 1.40 bits per heavy atom. The second kappa shape index (κ2) is 6.75. The molecule has 1 N–H and O–H groups in total. The summed E-state index contributed by atoms with van der Waals surface area (Å²) in [6.45, 7) is 2.76. The lowest BCUT2D eigenvalue weighted by atomic mass is 10.2. The van der Waals surface area contributed by atoms with Crippen molar-refractivity contribution in [1.29, 1.82) is 0 Å². The normalized spacial score (nSPS) is 10.3. The molecule has 5 nitrogen and oxygen atoms in total. The van der Waals surface area contributed by atoms with Crippen molar-refractivity contribution in [3.63, 3.8) is 0 Å². The number of unbranched alkanes of at least 4 members (excludes halogenated alkanes) is 1. The molecule has 0 bridgehead atoms. The first-order valence-electron chi connectivity index (χ1n) is 6.72. The molecule has 0 spiro atoms. The summed E-state index contributed by atoms with van der Waals surface area (Å²) in [5, 5.41) is 6.84. The Labute approximate surface area is 118 Å². The quantitative estimate of drug-likeness (QED) is 0.823. The summed E-state index contributed by atoms with van der Waals surface area (Å²) in [7, 11) is 1.78. The molecule has 2 aromatic rings. The average molecular weight is 273 g/mol. The number of carbonyl (C=O) groups excluding carboxylic acids is 1. The summed E-state index contributed by atoms with van der Waals surface area (Å²) in [6, 6.07) is 7.44. The van der Waals surface area contributed by atoms with E-state index in [1.54, 1.807) is 17.9 Å². The predicted octanol–water partition coefficient (Wildman–Crippen LogP) is 2.85. The maximum Gasteiger partial charge on any atom is 0.258 e. The molecule has 1 aromatic carbocycles. The smallest absolute Gasteiger partial charge is 0.258 e. The van der Waals surface area contributed by atoms with E-state index in [-0.39, 0.29) is 5.91 Å². The van der Waals surface area contributed by atoms with E-state index < -0.39 is 0 Å². The molecule has 0 atom stereocenters. The van der Waals surface area contributed by atoms with E-state index in [9.17, 15) is 4.79 Å². The molecule has 0 aliphatic rings. The minimum absolute atomic E-state index is 0.190. The Kier molecular flexibility index (Phi) is 4.76. The van der Waals surface area contributed by atoms with Gasteiger partial charge in [-0.2, -0.15) is 5.10 Å². The lowest BCUT2D eigenvalue weighted by Crippen LogP contribution is -2.12. The van der Waals surface area contributed by atoms with Gasteiger partial charge >= 0.3 is 0 Å². The van der Waals surface area contributed by atoms with Crippen molar-refractivity contribution in [2.24, 2.45) is 7.05 Å². The summed E-state index contributed by atoms with van der Waals surface area (Å²) in [6.07, 6.45) is 5.28. The molecule has 0 saturated carbocycles. The van der Waals surface area contributed by atoms with E-state index in [2.05, 4.69) is 17.3 Å². The lowest BCUT2D eigenvalue weighted by Gasteiger charge is -2.11. The third kappa shape index (κ3) is 3.60. The van der Waals surface area contributed by atoms with Crippen molar-refractivity contribution in [2.45, 2.75) is 19.8 Å². The molecular weight excluding hydrogens is 254 g/mol. The van der Waals surface area contributed by atoms with Gasteiger partial charge in [0, 0.05) is 13.2 Å². The molecule has 106 valence electrons. The van der Waals surface area contributed by atoms with Gasteiger partial charge in [0.1, 0.15) is 5.75 Å². The maximum absolute atomic E-state index is 12.1. The monoisotopic (exact) mass is 273 g/mol. The number of aryl methyl sites for hydroxylation is 1. The summed E-state index contributed by atoms with van der Waals surface area (Å²) in [5.74, 6) is 0.503. The van der Waals surface area contributed by atoms with E-state index in [0.717, 1.165) is 12.8 Å². The first kappa shape index (κ1) is 14.1. The minimum Gasteiger partial charge on any atom is -0.491 e. The van der Waals surface area contributed by atoms with Gasteiger partial charge in [-0.25, -0.2) is 0 Å². The standard InChI is InChI=1S/C15H19N3O2/c1-3-4-9-20-14-8-6-5-7-13(14)17-15(19)12-10-16-18(2)11-12/h5-8,10-11H,3-4,9H2,1-2H3,(H,17,19). The van der Waals surface area contributed by atoms with E-state index in [4.69, 9.17) is 4.74 Å². The molecule has 0 aliphatic heterocycles. The summed E-state index contributed by atoms with van der Waals surface area (Å²) < 4.78 is 7.28. The Hall–Kier alpha value is -2.30. The number of nitrogens with one attached hydrogen (secondary N) is 1. The third-order valence-corrected chi connectivity index (χ3v) is 2.86. The van der Waals surface area contributed by atoms with Crippen molar-refractivity contribution >= 4 is 11.6 Å². The number of aromatic nitrogens is 2. The van der Waals surface area contributed by atoms with Gasteiger partial charge in [-0.3, -0.25) is 9.48 Å². The largest absolute Gasteiger partial charge is 0.491 e. The van der Waals surface area contributed by atoms with Gasteiger partial charge in [0.25, 0.3) is 5.91 Å². The third-order valence-electron chi connectivity index (χ3n) is 2.86. The lowest BCUT2D eigenvalue weighted by molar-refractivity contribution is 0.102. The summed E-state index contributed by atoms with van der Waals surface area (Å²) in [4.78, 5) is 12.1. The van der Waals surface area contributed by atoms with Gasteiger partial charge in [0.2, 0.25) is 0 Å². The number of para-hydroxylation sites is 2. The molecule has 5 heteroatoms. The number of ether oxygens (including phenoxy) is 1. The molecule has 0 radical (unpaired) electrons. The highest BCUT2D eigenvalue weighted by molar-refractivity contribution is 6.04. The highest BCUT2D eigenvalue weighted by atomic mass is 16.5. The molecule has 2 rings (SSSR count). The number of benzene rings is 1. The highest BCUT2D eigenvalue weighted by Crippen LogP contribution is 2.24. The molecular formula is C15H19N3O2. The zero-order valence-corrected chi connectivity index (χ0v) is 11.8. The van der Waals surface area contributed by atoms with Crippen molar-refractivity contribution in [1.82, 2.24) is 9.78 Å². The first-order chi connectivity index (χ1) is 9.70. The van der Waals surface area contributed by atoms with Crippen molar-refractivity contribution in [2.75, 3.05) is 11.9 Å². The summed E-state index contributed by atoms with van der Waals surface area (Å²) >= 11 is 0. The number of carbonyl (C=O) groups is 1. The van der Waals surface area contributed by atoms with Crippen LogP contribution >= 0.6 is 0 Å². The number of hydrogen-bond acceptors (Lipinski definition) is 3. The molecule has 1 aromatic heterocycles. The van der Waals surface area contributed by atoms with Crippen LogP contribution in [0.25, 0.3) is 0 Å². The van der Waals surface area contributed by atoms with Crippen LogP contribution in [0.3, 0.4) is 0 Å². The van der Waals surface area contributed by atoms with Gasteiger partial charge in [0.15, 0.2) is 0 Å². The Bertz CT molecular complexity index is 578. The molecule has 0 unspecified atom stereocenters. The van der Waals surface area contributed by atoms with Gasteiger partial charge < -0.3 is 10.1 Å². The highest BCUT2D eigenvalue weighted by Gasteiger charge is 2.11. The van der Waals surface area contributed by atoms with E-state index in [1.807, 2.05) is 24.3 Å². The Balaban J connectivity index is 2.06. The molecule has 1 amide bonds. The van der Waals surface area contributed by atoms with E-state index >= 15 is 0 Å². The second-order valence-corrected chi connectivity index (χ2v) is 4.55. The average Bonchev–Trinajstić information content (AvgIpc) is 2.88. The van der Waals surface area contributed by atoms with E-state index in [0.29, 0.717) is 23.6 Å². The van der Waals surface area contributed by atoms with Crippen LogP contribution in [0, 0.1) is 0 Å². The van der Waals surface area contributed by atoms with Gasteiger partial charge in [-0.15, -0.1) is 0 Å². The van der Waals surface area contributed by atoms with Gasteiger partial charge in [-0.05, 0) is 18.6 Å². The van der Waals surface area contributed by atoms with Crippen molar-refractivity contribution < 1.29 is 9.53 Å². The van der Waals surface area contributed by atoms with Crippen LogP contribution in [0.5, 0.6) is 5.75 Å². The van der Waals surface area contributed by atoms with Crippen LogP contribution in [0.1, 0.15) is 30.1 Å². The van der Waals surface area contributed by atoms with Gasteiger partial charge in [0.05, 0.1) is 24.1 Å². The second-order valence-electron chi connectivity index (χ2n) is 4.55. The molecule has 20 heavy (non-hydrogen) atoms. The number of anilines is 1.